The Balaban J connectivity index is 2.05. The van der Waals surface area contributed by atoms with Crippen LogP contribution in [-0.4, -0.2) is 71.2 Å². The molecular weight excluding hydrogens is 278 g/mol. The fourth-order valence-electron chi connectivity index (χ4n) is 2.89. The highest BCUT2D eigenvalue weighted by Crippen LogP contribution is 2.24. The van der Waals surface area contributed by atoms with E-state index in [0.29, 0.717) is 6.54 Å². The molecule has 0 aromatic heterocycles. The standard InChI is InChI=1S/C13H21N3O5/c14-11(17)8-16(9-3-1-2-4-9)13(20)15-5-6-21-10(7-15)12(18)19/h9-10H,1-8H2,(H2,14,17)(H,18,19). The van der Waals surface area contributed by atoms with Gasteiger partial charge in [0.15, 0.2) is 6.10 Å². The molecule has 2 rings (SSSR count). The summed E-state index contributed by atoms with van der Waals surface area (Å²) in [6.07, 6.45) is 2.74. The van der Waals surface area contributed by atoms with Gasteiger partial charge in [0.1, 0.15) is 6.54 Å². The number of carboxylic acid groups (broad SMARTS) is 1. The predicted molar refractivity (Wildman–Crippen MR) is 72.5 cm³/mol. The lowest BCUT2D eigenvalue weighted by Gasteiger charge is -2.37. The number of nitrogens with zero attached hydrogens (tertiary/aromatic N) is 2. The summed E-state index contributed by atoms with van der Waals surface area (Å²) >= 11 is 0. The van der Waals surface area contributed by atoms with Crippen LogP contribution in [0, 0.1) is 0 Å². The Hall–Kier alpha value is -1.83. The number of aliphatic carboxylic acids is 1. The largest absolute Gasteiger partial charge is 0.479 e. The lowest BCUT2D eigenvalue weighted by molar-refractivity contribution is -0.154. The number of amides is 3. The third kappa shape index (κ3) is 3.84. The van der Waals surface area contributed by atoms with E-state index in [2.05, 4.69) is 0 Å². The third-order valence-corrected chi connectivity index (χ3v) is 3.95. The number of hydrogen-bond acceptors (Lipinski definition) is 4. The Labute approximate surface area is 122 Å². The molecule has 2 fully saturated rings. The minimum Gasteiger partial charge on any atom is -0.479 e. The van der Waals surface area contributed by atoms with Crippen LogP contribution in [0.25, 0.3) is 0 Å². The van der Waals surface area contributed by atoms with Gasteiger partial charge in [-0.2, -0.15) is 0 Å². The van der Waals surface area contributed by atoms with Crippen molar-refractivity contribution >= 4 is 17.9 Å². The van der Waals surface area contributed by atoms with Gasteiger partial charge in [-0.3, -0.25) is 4.79 Å². The Morgan fingerprint density at radius 3 is 2.52 bits per heavy atom. The third-order valence-electron chi connectivity index (χ3n) is 3.95. The first-order chi connectivity index (χ1) is 9.99. The summed E-state index contributed by atoms with van der Waals surface area (Å²) in [6.45, 7) is 0.372. The highest BCUT2D eigenvalue weighted by Gasteiger charge is 2.35. The maximum Gasteiger partial charge on any atom is 0.334 e. The van der Waals surface area contributed by atoms with Crippen molar-refractivity contribution in [3.05, 3.63) is 0 Å². The van der Waals surface area contributed by atoms with Gasteiger partial charge in [0.05, 0.1) is 13.2 Å². The minimum absolute atomic E-state index is 0.00382. The molecule has 1 aliphatic carbocycles. The zero-order valence-corrected chi connectivity index (χ0v) is 11.9. The molecule has 0 bridgehead atoms. The summed E-state index contributed by atoms with van der Waals surface area (Å²) in [5.74, 6) is -1.65. The van der Waals surface area contributed by atoms with Gasteiger partial charge in [-0.05, 0) is 12.8 Å². The first-order valence-electron chi connectivity index (χ1n) is 7.17. The Morgan fingerprint density at radius 2 is 1.95 bits per heavy atom. The van der Waals surface area contributed by atoms with Crippen molar-refractivity contribution in [3.8, 4) is 0 Å². The average Bonchev–Trinajstić information content (AvgIpc) is 2.98. The number of carbonyl (C=O) groups is 3. The number of hydrogen-bond donors (Lipinski definition) is 2. The van der Waals surface area contributed by atoms with Gasteiger partial charge in [0.25, 0.3) is 0 Å². The second-order valence-electron chi connectivity index (χ2n) is 5.46. The van der Waals surface area contributed by atoms with Crippen LogP contribution in [0.1, 0.15) is 25.7 Å². The summed E-state index contributed by atoms with van der Waals surface area (Å²) in [7, 11) is 0. The van der Waals surface area contributed by atoms with Crippen molar-refractivity contribution in [1.82, 2.24) is 9.80 Å². The number of carbonyl (C=O) groups excluding carboxylic acids is 2. The van der Waals surface area contributed by atoms with Gasteiger partial charge in [0.2, 0.25) is 5.91 Å². The van der Waals surface area contributed by atoms with Crippen LogP contribution in [-0.2, 0) is 14.3 Å². The molecule has 8 nitrogen and oxygen atoms in total. The minimum atomic E-state index is -1.09. The summed E-state index contributed by atoms with van der Waals surface area (Å²) in [6, 6.07) is -0.314. The number of primary amides is 1. The van der Waals surface area contributed by atoms with Crippen molar-refractivity contribution in [2.24, 2.45) is 5.73 Å². The molecule has 1 aliphatic heterocycles. The van der Waals surface area contributed by atoms with Crippen LogP contribution in [0.4, 0.5) is 4.79 Å². The van der Waals surface area contributed by atoms with E-state index < -0.39 is 18.0 Å². The maximum absolute atomic E-state index is 12.6. The van der Waals surface area contributed by atoms with E-state index in [1.165, 1.54) is 9.80 Å². The molecule has 2 aliphatic rings. The van der Waals surface area contributed by atoms with Gasteiger partial charge in [-0.25, -0.2) is 9.59 Å². The van der Waals surface area contributed by atoms with Gasteiger partial charge >= 0.3 is 12.0 Å². The lowest BCUT2D eigenvalue weighted by atomic mass is 10.2. The van der Waals surface area contributed by atoms with E-state index in [0.717, 1.165) is 25.7 Å². The average molecular weight is 299 g/mol. The Morgan fingerprint density at radius 1 is 1.29 bits per heavy atom. The summed E-state index contributed by atoms with van der Waals surface area (Å²) in [5, 5.41) is 8.98. The number of morpholine rings is 1. The van der Waals surface area contributed by atoms with Crippen molar-refractivity contribution in [3.63, 3.8) is 0 Å². The van der Waals surface area contributed by atoms with E-state index in [1.807, 2.05) is 0 Å². The fraction of sp³-hybridized carbons (Fsp3) is 0.769. The van der Waals surface area contributed by atoms with Crippen molar-refractivity contribution < 1.29 is 24.2 Å². The predicted octanol–water partition coefficient (Wildman–Crippen LogP) is -0.378. The summed E-state index contributed by atoms with van der Waals surface area (Å²) in [4.78, 5) is 37.7. The molecule has 1 saturated carbocycles. The van der Waals surface area contributed by atoms with E-state index in [-0.39, 0.29) is 31.8 Å². The van der Waals surface area contributed by atoms with Gasteiger partial charge in [-0.1, -0.05) is 12.8 Å². The summed E-state index contributed by atoms with van der Waals surface area (Å²) < 4.78 is 5.10. The molecule has 0 aromatic rings. The van der Waals surface area contributed by atoms with Crippen molar-refractivity contribution in [2.45, 2.75) is 37.8 Å². The number of urea groups is 1. The molecule has 0 radical (unpaired) electrons. The van der Waals surface area contributed by atoms with Crippen molar-refractivity contribution in [1.29, 1.82) is 0 Å². The Bertz CT molecular complexity index is 422. The van der Waals surface area contributed by atoms with Crippen LogP contribution >= 0.6 is 0 Å². The summed E-state index contributed by atoms with van der Waals surface area (Å²) in [5.41, 5.74) is 5.23. The van der Waals surface area contributed by atoms with E-state index in [1.54, 1.807) is 0 Å². The van der Waals surface area contributed by atoms with Crippen LogP contribution < -0.4 is 5.73 Å². The molecule has 118 valence electrons. The van der Waals surface area contributed by atoms with Crippen LogP contribution in [0.2, 0.25) is 0 Å². The molecule has 0 aromatic carbocycles. The second-order valence-corrected chi connectivity index (χ2v) is 5.46. The van der Waals surface area contributed by atoms with E-state index in [9.17, 15) is 14.4 Å². The molecule has 1 saturated heterocycles. The molecule has 1 atom stereocenters. The molecule has 8 heteroatoms. The molecule has 21 heavy (non-hydrogen) atoms. The quantitative estimate of drug-likeness (QED) is 0.734. The molecule has 3 amide bonds. The molecule has 3 N–H and O–H groups in total. The number of rotatable bonds is 4. The number of nitrogens with two attached hydrogens (primary N) is 1. The monoisotopic (exact) mass is 299 g/mol. The van der Waals surface area contributed by atoms with E-state index in [4.69, 9.17) is 15.6 Å². The first-order valence-corrected chi connectivity index (χ1v) is 7.17. The maximum atomic E-state index is 12.6. The molecule has 1 unspecified atom stereocenters. The second kappa shape index (κ2) is 6.75. The molecular formula is C13H21N3O5. The normalized spacial score (nSPS) is 23.0. The highest BCUT2D eigenvalue weighted by molar-refractivity contribution is 5.84. The smallest absolute Gasteiger partial charge is 0.334 e. The number of ether oxygens (including phenoxy) is 1. The van der Waals surface area contributed by atoms with Crippen molar-refractivity contribution in [2.75, 3.05) is 26.2 Å². The first kappa shape index (κ1) is 15.6. The number of carboxylic acids is 1. The topological polar surface area (TPSA) is 113 Å². The van der Waals surface area contributed by atoms with Crippen LogP contribution in [0.15, 0.2) is 0 Å². The zero-order chi connectivity index (χ0) is 15.4. The molecule has 0 spiro atoms. The van der Waals surface area contributed by atoms with Crippen LogP contribution in [0.3, 0.4) is 0 Å². The van der Waals surface area contributed by atoms with Gasteiger partial charge in [0, 0.05) is 12.6 Å². The van der Waals surface area contributed by atoms with E-state index >= 15 is 0 Å². The zero-order valence-electron chi connectivity index (χ0n) is 11.9. The van der Waals surface area contributed by atoms with Gasteiger partial charge in [-0.15, -0.1) is 0 Å². The lowest BCUT2D eigenvalue weighted by Crippen LogP contribution is -2.56. The molecule has 1 heterocycles. The Kier molecular flexibility index (Phi) is 5.00. The van der Waals surface area contributed by atoms with Gasteiger partial charge < -0.3 is 25.4 Å². The SMILES string of the molecule is NC(=O)CN(C(=O)N1CCOC(C(=O)O)C1)C1CCCC1. The highest BCUT2D eigenvalue weighted by atomic mass is 16.5. The van der Waals surface area contributed by atoms with Crippen LogP contribution in [0.5, 0.6) is 0 Å². The fourth-order valence-corrected chi connectivity index (χ4v) is 2.89.